The van der Waals surface area contributed by atoms with Crippen LogP contribution in [0, 0.1) is 5.82 Å². The van der Waals surface area contributed by atoms with E-state index in [-0.39, 0.29) is 11.6 Å². The van der Waals surface area contributed by atoms with Crippen molar-refractivity contribution in [1.29, 1.82) is 0 Å². The Kier molecular flexibility index (Phi) is 6.57. The molecule has 0 saturated carbocycles. The minimum atomic E-state index is -0.754. The van der Waals surface area contributed by atoms with Crippen LogP contribution < -0.4 is 10.2 Å². The number of anilines is 1. The molecular weight excluding hydrogens is 494 g/mol. The lowest BCUT2D eigenvalue weighted by molar-refractivity contribution is -0.127. The molecule has 0 aliphatic carbocycles. The Balaban J connectivity index is 1.36. The van der Waals surface area contributed by atoms with Crippen LogP contribution in [-0.4, -0.2) is 84.5 Å². The van der Waals surface area contributed by atoms with E-state index in [0.29, 0.717) is 23.0 Å². The van der Waals surface area contributed by atoms with Crippen LogP contribution in [0.2, 0.25) is 10.0 Å². The highest BCUT2D eigenvalue weighted by atomic mass is 35.5. The first-order valence-electron chi connectivity index (χ1n) is 11.4. The maximum absolute atomic E-state index is 14.6. The predicted molar refractivity (Wildman–Crippen MR) is 133 cm³/mol. The molecular formula is C24H25Cl2FN6O2. The van der Waals surface area contributed by atoms with Crippen molar-refractivity contribution in [3.63, 3.8) is 0 Å². The molecule has 0 bridgehead atoms. The van der Waals surface area contributed by atoms with Crippen molar-refractivity contribution in [2.24, 2.45) is 4.99 Å². The summed E-state index contributed by atoms with van der Waals surface area (Å²) in [5.74, 6) is -0.265. The second kappa shape index (κ2) is 9.64. The van der Waals surface area contributed by atoms with Gasteiger partial charge in [-0.1, -0.05) is 35.3 Å². The maximum Gasteiger partial charge on any atom is 0.325 e. The molecule has 11 heteroatoms. The predicted octanol–water partition coefficient (Wildman–Crippen LogP) is 3.05. The number of benzene rings is 2. The number of imide groups is 1. The third-order valence-corrected chi connectivity index (χ3v) is 7.34. The molecule has 2 aromatic carbocycles. The third kappa shape index (κ3) is 4.68. The summed E-state index contributed by atoms with van der Waals surface area (Å²) in [5.41, 5.74) is 1.37. The highest BCUT2D eigenvalue weighted by molar-refractivity contribution is 6.31. The number of urea groups is 1. The molecule has 5 rings (SSSR count). The zero-order chi connectivity index (χ0) is 24.7. The van der Waals surface area contributed by atoms with E-state index in [9.17, 15) is 14.0 Å². The number of likely N-dealkylation sites (N-methyl/N-ethyl adjacent to an activating group) is 1. The summed E-state index contributed by atoms with van der Waals surface area (Å²) in [6.07, 6.45) is -0.676. The van der Waals surface area contributed by atoms with Crippen molar-refractivity contribution in [1.82, 2.24) is 20.0 Å². The van der Waals surface area contributed by atoms with Gasteiger partial charge in [0.1, 0.15) is 11.7 Å². The molecule has 2 fully saturated rings. The molecule has 35 heavy (non-hydrogen) atoms. The van der Waals surface area contributed by atoms with Crippen LogP contribution in [0.25, 0.3) is 0 Å². The van der Waals surface area contributed by atoms with Crippen LogP contribution in [0.5, 0.6) is 0 Å². The standard InChI is InChI=1S/C24H25Cl2FN6O2/c1-30-22-21(23(34)29-24(30)35)33(13-17-18(26)6-3-7-19(17)27)20(28-22)14-31-8-10-32(11-9-31)16-5-2-4-15(25)12-16/h2-7,12,21-22H,8-11,13-14H2,1H3,(H,29,34,35). The number of nitrogens with one attached hydrogen (secondary N) is 1. The van der Waals surface area contributed by atoms with Crippen molar-refractivity contribution in [3.05, 3.63) is 63.9 Å². The summed E-state index contributed by atoms with van der Waals surface area (Å²) in [6, 6.07) is 11.0. The number of carbonyl (C=O) groups excluding carboxylic acids is 2. The molecule has 3 aliphatic rings. The Morgan fingerprint density at radius 3 is 2.51 bits per heavy atom. The Morgan fingerprint density at radius 2 is 1.80 bits per heavy atom. The van der Waals surface area contributed by atoms with Crippen molar-refractivity contribution < 1.29 is 14.0 Å². The fourth-order valence-corrected chi connectivity index (χ4v) is 5.20. The topological polar surface area (TPSA) is 71.5 Å². The molecule has 2 unspecified atom stereocenters. The van der Waals surface area contributed by atoms with Gasteiger partial charge in [-0.15, -0.1) is 0 Å². The van der Waals surface area contributed by atoms with E-state index in [2.05, 4.69) is 15.1 Å². The van der Waals surface area contributed by atoms with Gasteiger partial charge in [0.05, 0.1) is 6.54 Å². The van der Waals surface area contributed by atoms with Crippen LogP contribution in [0.3, 0.4) is 0 Å². The van der Waals surface area contributed by atoms with Gasteiger partial charge in [-0.25, -0.2) is 14.2 Å². The minimum absolute atomic E-state index is 0.0729. The zero-order valence-corrected chi connectivity index (χ0v) is 20.6. The smallest absolute Gasteiger partial charge is 0.325 e. The van der Waals surface area contributed by atoms with E-state index in [1.165, 1.54) is 11.0 Å². The molecule has 0 aromatic heterocycles. The summed E-state index contributed by atoms with van der Waals surface area (Å²) in [5, 5.41) is 3.36. The van der Waals surface area contributed by atoms with Crippen LogP contribution in [0.15, 0.2) is 47.5 Å². The summed E-state index contributed by atoms with van der Waals surface area (Å²) >= 11 is 12.4. The normalized spacial score (nSPS) is 22.9. The number of amidine groups is 1. The summed E-state index contributed by atoms with van der Waals surface area (Å²) in [4.78, 5) is 37.5. The molecule has 2 aromatic rings. The average Bonchev–Trinajstić information content (AvgIpc) is 3.19. The number of hydrogen-bond acceptors (Lipinski definition) is 6. The van der Waals surface area contributed by atoms with E-state index in [0.717, 1.165) is 31.9 Å². The first-order valence-corrected chi connectivity index (χ1v) is 12.1. The zero-order valence-electron chi connectivity index (χ0n) is 19.1. The second-order valence-corrected chi connectivity index (χ2v) is 9.72. The Bertz CT molecular complexity index is 1170. The molecule has 1 N–H and O–H groups in total. The number of rotatable bonds is 5. The van der Waals surface area contributed by atoms with Gasteiger partial charge in [-0.05, 0) is 30.3 Å². The quantitative estimate of drug-likeness (QED) is 0.658. The van der Waals surface area contributed by atoms with E-state index >= 15 is 0 Å². The second-order valence-electron chi connectivity index (χ2n) is 8.88. The van der Waals surface area contributed by atoms with Gasteiger partial charge >= 0.3 is 6.03 Å². The molecule has 0 spiro atoms. The van der Waals surface area contributed by atoms with Gasteiger partial charge in [0.2, 0.25) is 0 Å². The van der Waals surface area contributed by atoms with Crippen LogP contribution in [0.1, 0.15) is 5.56 Å². The molecule has 184 valence electrons. The number of carbonyl (C=O) groups is 2. The van der Waals surface area contributed by atoms with Gasteiger partial charge in [0, 0.05) is 61.1 Å². The van der Waals surface area contributed by atoms with Gasteiger partial charge in [-0.3, -0.25) is 15.0 Å². The maximum atomic E-state index is 14.6. The molecule has 2 atom stereocenters. The lowest BCUT2D eigenvalue weighted by Crippen LogP contribution is -2.63. The highest BCUT2D eigenvalue weighted by Crippen LogP contribution is 2.29. The molecule has 2 saturated heterocycles. The van der Waals surface area contributed by atoms with Crippen molar-refractivity contribution >= 4 is 46.7 Å². The molecule has 3 heterocycles. The SMILES string of the molecule is CN1C(=O)NC(=O)C2C1N=C(CN1CCN(c3cccc(Cl)c3)CC1)N2Cc1c(F)cccc1Cl. The third-order valence-electron chi connectivity index (χ3n) is 6.75. The average molecular weight is 519 g/mol. The number of halogens is 3. The number of nitrogens with zero attached hydrogens (tertiary/aromatic N) is 5. The number of hydrogen-bond donors (Lipinski definition) is 1. The van der Waals surface area contributed by atoms with Gasteiger partial charge in [0.25, 0.3) is 5.91 Å². The molecule has 0 radical (unpaired) electrons. The first kappa shape index (κ1) is 23.8. The number of fused-ring (bicyclic) bond motifs is 1. The van der Waals surface area contributed by atoms with Crippen LogP contribution in [-0.2, 0) is 11.3 Å². The lowest BCUT2D eigenvalue weighted by Gasteiger charge is -2.38. The summed E-state index contributed by atoms with van der Waals surface area (Å²) < 4.78 is 14.6. The van der Waals surface area contributed by atoms with E-state index in [4.69, 9.17) is 28.2 Å². The number of amides is 3. The van der Waals surface area contributed by atoms with E-state index in [1.54, 1.807) is 24.1 Å². The van der Waals surface area contributed by atoms with Crippen molar-refractivity contribution in [2.45, 2.75) is 18.8 Å². The Hall–Kier alpha value is -2.88. The number of piperazine rings is 1. The van der Waals surface area contributed by atoms with E-state index in [1.807, 2.05) is 24.3 Å². The molecule has 3 aliphatic heterocycles. The fraction of sp³-hybridized carbons (Fsp3) is 0.375. The van der Waals surface area contributed by atoms with Crippen molar-refractivity contribution in [3.8, 4) is 0 Å². The van der Waals surface area contributed by atoms with Gasteiger partial charge in [-0.2, -0.15) is 0 Å². The highest BCUT2D eigenvalue weighted by Gasteiger charge is 2.48. The van der Waals surface area contributed by atoms with Crippen LogP contribution in [0.4, 0.5) is 14.9 Å². The van der Waals surface area contributed by atoms with Gasteiger partial charge < -0.3 is 14.7 Å². The first-order chi connectivity index (χ1) is 16.8. The van der Waals surface area contributed by atoms with E-state index < -0.39 is 30.0 Å². The van der Waals surface area contributed by atoms with Crippen LogP contribution >= 0.6 is 23.2 Å². The Labute approximate surface area is 212 Å². The van der Waals surface area contributed by atoms with Gasteiger partial charge in [0.15, 0.2) is 12.2 Å². The molecule has 3 amide bonds. The van der Waals surface area contributed by atoms with Crippen molar-refractivity contribution in [2.75, 3.05) is 44.7 Å². The summed E-state index contributed by atoms with van der Waals surface area (Å²) in [7, 11) is 1.60. The minimum Gasteiger partial charge on any atom is -0.369 e. The Morgan fingerprint density at radius 1 is 1.06 bits per heavy atom. The summed E-state index contributed by atoms with van der Waals surface area (Å²) in [6.45, 7) is 3.70. The molecule has 8 nitrogen and oxygen atoms in total. The largest absolute Gasteiger partial charge is 0.369 e. The lowest BCUT2D eigenvalue weighted by atomic mass is 10.1. The number of aliphatic imine (C=N–C) groups is 1. The monoisotopic (exact) mass is 518 g/mol. The fourth-order valence-electron chi connectivity index (χ4n) is 4.79.